The van der Waals surface area contributed by atoms with Gasteiger partial charge in [-0.25, -0.2) is 0 Å². The van der Waals surface area contributed by atoms with E-state index in [4.69, 9.17) is 0 Å². The van der Waals surface area contributed by atoms with E-state index in [0.29, 0.717) is 11.5 Å². The number of amidine groups is 1. The summed E-state index contributed by atoms with van der Waals surface area (Å²) in [5.41, 5.74) is 1.48. The first-order valence-electron chi connectivity index (χ1n) is 5.65. The molecule has 0 amide bonds. The Hall–Kier alpha value is -1.92. The Bertz CT molecular complexity index is 538. The van der Waals surface area contributed by atoms with Crippen LogP contribution in [0.3, 0.4) is 0 Å². The van der Waals surface area contributed by atoms with Crippen molar-refractivity contribution in [2.75, 3.05) is 4.90 Å². The predicted octanol–water partition coefficient (Wildman–Crippen LogP) is 2.89. The topological polar surface area (TPSA) is 47.9 Å². The van der Waals surface area contributed by atoms with Gasteiger partial charge in [0.05, 0.1) is 5.56 Å². The number of benzene rings is 1. The highest BCUT2D eigenvalue weighted by Gasteiger charge is 2.38. The highest BCUT2D eigenvalue weighted by atomic mass is 19.4. The lowest BCUT2D eigenvalue weighted by atomic mass is 10.1. The van der Waals surface area contributed by atoms with Crippen molar-refractivity contribution in [2.45, 2.75) is 32.6 Å². The lowest BCUT2D eigenvalue weighted by Gasteiger charge is -2.33. The largest absolute Gasteiger partial charge is 0.507 e. The summed E-state index contributed by atoms with van der Waals surface area (Å²) < 4.78 is 38.3. The Balaban J connectivity index is 2.50. The van der Waals surface area contributed by atoms with E-state index >= 15 is 0 Å². The molecular weight excluding hydrogens is 259 g/mol. The molecule has 0 spiro atoms. The normalized spacial score (nSPS) is 18.2. The first kappa shape index (κ1) is 13.5. The average Bonchev–Trinajstić information content (AvgIpc) is 2.53. The number of aromatic hydroxyl groups is 1. The lowest BCUT2D eigenvalue weighted by Crippen LogP contribution is -2.49. The Morgan fingerprint density at radius 2 is 1.95 bits per heavy atom. The molecule has 4 nitrogen and oxygen atoms in total. The first-order valence-corrected chi connectivity index (χ1v) is 5.65. The molecule has 1 aliphatic rings. The third kappa shape index (κ3) is 2.32. The minimum Gasteiger partial charge on any atom is -0.507 e. The van der Waals surface area contributed by atoms with Gasteiger partial charge in [-0.1, -0.05) is 0 Å². The monoisotopic (exact) mass is 273 g/mol. The van der Waals surface area contributed by atoms with E-state index in [-0.39, 0.29) is 0 Å². The molecule has 0 unspecified atom stereocenters. The molecule has 0 aromatic heterocycles. The number of nitrogens with zero attached hydrogens (tertiary/aromatic N) is 2. The summed E-state index contributed by atoms with van der Waals surface area (Å²) in [7, 11) is 0. The molecule has 7 heteroatoms. The van der Waals surface area contributed by atoms with Crippen LogP contribution < -0.4 is 10.3 Å². The van der Waals surface area contributed by atoms with E-state index < -0.39 is 23.2 Å². The molecule has 104 valence electrons. The van der Waals surface area contributed by atoms with Crippen LogP contribution in [0.15, 0.2) is 23.3 Å². The van der Waals surface area contributed by atoms with Crippen molar-refractivity contribution in [3.63, 3.8) is 0 Å². The van der Waals surface area contributed by atoms with Gasteiger partial charge in [0.25, 0.3) is 0 Å². The van der Waals surface area contributed by atoms with Gasteiger partial charge in [-0.15, -0.1) is 0 Å². The third-order valence-corrected chi connectivity index (χ3v) is 2.92. The predicted molar refractivity (Wildman–Crippen MR) is 65.9 cm³/mol. The zero-order valence-electron chi connectivity index (χ0n) is 10.7. The maximum Gasteiger partial charge on any atom is 0.420 e. The second-order valence-electron chi connectivity index (χ2n) is 4.86. The van der Waals surface area contributed by atoms with E-state index in [9.17, 15) is 18.3 Å². The number of alkyl halides is 3. The molecule has 0 saturated carbocycles. The van der Waals surface area contributed by atoms with E-state index in [2.05, 4.69) is 10.5 Å². The lowest BCUT2D eigenvalue weighted by molar-refractivity contribution is -0.138. The zero-order chi connectivity index (χ0) is 14.4. The molecule has 0 saturated heterocycles. The van der Waals surface area contributed by atoms with Gasteiger partial charge in [0.2, 0.25) is 0 Å². The molecule has 0 radical (unpaired) electrons. The highest BCUT2D eigenvalue weighted by molar-refractivity contribution is 5.98. The zero-order valence-corrected chi connectivity index (χ0v) is 10.7. The number of hydrogen-bond donors (Lipinski definition) is 2. The molecule has 0 bridgehead atoms. The molecule has 0 fully saturated rings. The molecule has 1 aromatic rings. The average molecular weight is 273 g/mol. The molecule has 1 aromatic carbocycles. The quantitative estimate of drug-likeness (QED) is 0.827. The smallest absolute Gasteiger partial charge is 0.420 e. The van der Waals surface area contributed by atoms with E-state index in [0.717, 1.165) is 12.1 Å². The number of phenolic OH excluding ortho intramolecular Hbond substituents is 1. The number of phenols is 1. The van der Waals surface area contributed by atoms with Gasteiger partial charge >= 0.3 is 6.18 Å². The second kappa shape index (κ2) is 4.04. The number of halogens is 3. The standard InChI is InChI=1S/C12H14F3N3O/c1-7-16-17-11(2,3)18(7)8-4-5-10(19)9(6-8)12(13,14)15/h4-6,17,19H,1-3H3. The number of hydrogen-bond acceptors (Lipinski definition) is 4. The van der Waals surface area contributed by atoms with Gasteiger partial charge in [0, 0.05) is 5.69 Å². The Labute approximate surface area is 108 Å². The van der Waals surface area contributed by atoms with Gasteiger partial charge in [-0.3, -0.25) is 5.43 Å². The van der Waals surface area contributed by atoms with Crippen molar-refractivity contribution in [1.29, 1.82) is 0 Å². The van der Waals surface area contributed by atoms with Crippen LogP contribution in [0.1, 0.15) is 26.3 Å². The summed E-state index contributed by atoms with van der Waals surface area (Å²) in [4.78, 5) is 1.64. The molecule has 19 heavy (non-hydrogen) atoms. The van der Waals surface area contributed by atoms with Crippen molar-refractivity contribution >= 4 is 11.5 Å². The molecular formula is C12H14F3N3O. The van der Waals surface area contributed by atoms with Crippen molar-refractivity contribution in [3.05, 3.63) is 23.8 Å². The molecule has 2 N–H and O–H groups in total. The van der Waals surface area contributed by atoms with Crippen molar-refractivity contribution in [2.24, 2.45) is 5.10 Å². The minimum atomic E-state index is -4.59. The summed E-state index contributed by atoms with van der Waals surface area (Å²) in [5.74, 6) is -0.223. The second-order valence-corrected chi connectivity index (χ2v) is 4.86. The van der Waals surface area contributed by atoms with Crippen molar-refractivity contribution in [3.8, 4) is 5.75 Å². The Kier molecular flexibility index (Phi) is 2.87. The van der Waals surface area contributed by atoms with Crippen LogP contribution in [0.2, 0.25) is 0 Å². The van der Waals surface area contributed by atoms with Crippen LogP contribution in [0.25, 0.3) is 0 Å². The van der Waals surface area contributed by atoms with Crippen LogP contribution in [0.4, 0.5) is 18.9 Å². The Morgan fingerprint density at radius 1 is 1.32 bits per heavy atom. The van der Waals surface area contributed by atoms with Gasteiger partial charge < -0.3 is 10.0 Å². The van der Waals surface area contributed by atoms with Crippen LogP contribution in [0.5, 0.6) is 5.75 Å². The SMILES string of the molecule is CC1=NNC(C)(C)N1c1ccc(O)c(C(F)(F)F)c1. The maximum absolute atomic E-state index is 12.8. The summed E-state index contributed by atoms with van der Waals surface area (Å²) in [5, 5.41) is 13.3. The van der Waals surface area contributed by atoms with E-state index in [1.807, 2.05) is 0 Å². The first-order chi connectivity index (χ1) is 8.63. The molecule has 1 heterocycles. The third-order valence-electron chi connectivity index (χ3n) is 2.92. The van der Waals surface area contributed by atoms with Gasteiger partial charge in [0.15, 0.2) is 0 Å². The van der Waals surface area contributed by atoms with Gasteiger partial charge in [0.1, 0.15) is 17.2 Å². The van der Waals surface area contributed by atoms with Crippen LogP contribution in [-0.4, -0.2) is 16.6 Å². The van der Waals surface area contributed by atoms with Crippen LogP contribution in [-0.2, 0) is 6.18 Å². The number of rotatable bonds is 1. The Morgan fingerprint density at radius 3 is 2.42 bits per heavy atom. The molecule has 0 aliphatic carbocycles. The number of anilines is 1. The number of hydrazone groups is 1. The fourth-order valence-electron chi connectivity index (χ4n) is 2.12. The van der Waals surface area contributed by atoms with Crippen LogP contribution >= 0.6 is 0 Å². The van der Waals surface area contributed by atoms with Crippen LogP contribution in [0, 0.1) is 0 Å². The van der Waals surface area contributed by atoms with E-state index in [1.165, 1.54) is 6.07 Å². The maximum atomic E-state index is 12.8. The van der Waals surface area contributed by atoms with Crippen molar-refractivity contribution in [1.82, 2.24) is 5.43 Å². The molecule has 2 rings (SSSR count). The minimum absolute atomic E-state index is 0.321. The molecule has 0 atom stereocenters. The summed E-state index contributed by atoms with van der Waals surface area (Å²) in [6.45, 7) is 5.29. The fourth-order valence-corrected chi connectivity index (χ4v) is 2.12. The summed E-state index contributed by atoms with van der Waals surface area (Å²) in [6, 6.07) is 3.39. The number of nitrogens with one attached hydrogen (secondary N) is 1. The highest BCUT2D eigenvalue weighted by Crippen LogP contribution is 2.39. The summed E-state index contributed by atoms with van der Waals surface area (Å²) >= 11 is 0. The van der Waals surface area contributed by atoms with Gasteiger partial charge in [-0.05, 0) is 39.0 Å². The fraction of sp³-hybridized carbons (Fsp3) is 0.417. The molecule has 1 aliphatic heterocycles. The van der Waals surface area contributed by atoms with Crippen molar-refractivity contribution < 1.29 is 18.3 Å². The van der Waals surface area contributed by atoms with E-state index in [1.54, 1.807) is 25.7 Å². The summed E-state index contributed by atoms with van der Waals surface area (Å²) in [6.07, 6.45) is -4.59. The van der Waals surface area contributed by atoms with Gasteiger partial charge in [-0.2, -0.15) is 18.3 Å².